The topological polar surface area (TPSA) is 44.1 Å². The molecule has 1 unspecified atom stereocenters. The van der Waals surface area contributed by atoms with E-state index in [0.29, 0.717) is 24.6 Å². The second-order valence-corrected chi connectivity index (χ2v) is 6.11. The average Bonchev–Trinajstić information content (AvgIpc) is 2.44. The standard InChI is InChI=1S/C17H21ClN2O/c1-13(2)11-20(17(21)9-8-14(3)18)12-16-7-5-4-6-15(16)10-19/h4-9,13-14H,11-12H2,1-3H3/b9-8+. The van der Waals surface area contributed by atoms with Gasteiger partial charge >= 0.3 is 0 Å². The van der Waals surface area contributed by atoms with Gasteiger partial charge in [-0.25, -0.2) is 0 Å². The quantitative estimate of drug-likeness (QED) is 0.594. The fraction of sp³-hybridized carbons (Fsp3) is 0.412. The third-order valence-electron chi connectivity index (χ3n) is 2.90. The van der Waals surface area contributed by atoms with Crippen molar-refractivity contribution < 1.29 is 4.79 Å². The highest BCUT2D eigenvalue weighted by atomic mass is 35.5. The monoisotopic (exact) mass is 304 g/mol. The molecule has 0 bridgehead atoms. The summed E-state index contributed by atoms with van der Waals surface area (Å²) < 4.78 is 0. The Hall–Kier alpha value is -1.79. The van der Waals surface area contributed by atoms with Crippen LogP contribution in [0.15, 0.2) is 36.4 Å². The van der Waals surface area contributed by atoms with E-state index in [1.165, 1.54) is 6.08 Å². The van der Waals surface area contributed by atoms with E-state index in [-0.39, 0.29) is 11.3 Å². The minimum atomic E-state index is -0.179. The van der Waals surface area contributed by atoms with Gasteiger partial charge in [0.2, 0.25) is 5.91 Å². The summed E-state index contributed by atoms with van der Waals surface area (Å²) in [5.41, 5.74) is 1.47. The highest BCUT2D eigenvalue weighted by Crippen LogP contribution is 2.13. The van der Waals surface area contributed by atoms with Crippen molar-refractivity contribution in [3.05, 3.63) is 47.5 Å². The van der Waals surface area contributed by atoms with Gasteiger partial charge in [-0.05, 0) is 24.5 Å². The van der Waals surface area contributed by atoms with E-state index in [1.807, 2.05) is 25.1 Å². The van der Waals surface area contributed by atoms with Crippen molar-refractivity contribution in [3.8, 4) is 6.07 Å². The number of carbonyl (C=O) groups excluding carboxylic acids is 1. The van der Waals surface area contributed by atoms with E-state index in [4.69, 9.17) is 16.9 Å². The molecule has 1 rings (SSSR count). The lowest BCUT2D eigenvalue weighted by molar-refractivity contribution is -0.127. The Labute approximate surface area is 131 Å². The summed E-state index contributed by atoms with van der Waals surface area (Å²) in [4.78, 5) is 14.0. The van der Waals surface area contributed by atoms with Crippen molar-refractivity contribution in [1.82, 2.24) is 4.90 Å². The average molecular weight is 305 g/mol. The smallest absolute Gasteiger partial charge is 0.246 e. The van der Waals surface area contributed by atoms with Crippen molar-refractivity contribution in [1.29, 1.82) is 5.26 Å². The van der Waals surface area contributed by atoms with Crippen molar-refractivity contribution in [2.75, 3.05) is 6.54 Å². The number of alkyl halides is 1. The molecule has 1 aromatic rings. The molecule has 3 nitrogen and oxygen atoms in total. The Morgan fingerprint density at radius 2 is 2.05 bits per heavy atom. The Balaban J connectivity index is 2.93. The van der Waals surface area contributed by atoms with Crippen molar-refractivity contribution in [3.63, 3.8) is 0 Å². The van der Waals surface area contributed by atoms with Crippen LogP contribution in [0.4, 0.5) is 0 Å². The normalized spacial score (nSPS) is 12.4. The first-order valence-corrected chi connectivity index (χ1v) is 7.46. The van der Waals surface area contributed by atoms with Gasteiger partial charge in [-0.2, -0.15) is 5.26 Å². The summed E-state index contributed by atoms with van der Waals surface area (Å²) in [6, 6.07) is 9.52. The number of nitriles is 1. The third-order valence-corrected chi connectivity index (χ3v) is 3.05. The Morgan fingerprint density at radius 3 is 2.62 bits per heavy atom. The molecular weight excluding hydrogens is 284 g/mol. The molecule has 112 valence electrons. The van der Waals surface area contributed by atoms with Crippen LogP contribution in [0.5, 0.6) is 0 Å². The number of allylic oxidation sites excluding steroid dienone is 1. The lowest BCUT2D eigenvalue weighted by atomic mass is 10.1. The molecule has 0 aliphatic carbocycles. The van der Waals surface area contributed by atoms with Crippen LogP contribution in [0.2, 0.25) is 0 Å². The Bertz CT molecular complexity index is 544. The van der Waals surface area contributed by atoms with Crippen molar-refractivity contribution >= 4 is 17.5 Å². The van der Waals surface area contributed by atoms with Gasteiger partial charge in [0.25, 0.3) is 0 Å². The van der Waals surface area contributed by atoms with Crippen LogP contribution in [0, 0.1) is 17.2 Å². The molecule has 0 heterocycles. The molecule has 0 fully saturated rings. The Morgan fingerprint density at radius 1 is 1.38 bits per heavy atom. The zero-order valence-corrected chi connectivity index (χ0v) is 13.5. The van der Waals surface area contributed by atoms with Crippen LogP contribution in [0.3, 0.4) is 0 Å². The fourth-order valence-corrected chi connectivity index (χ4v) is 2.04. The number of hydrogen-bond acceptors (Lipinski definition) is 2. The predicted molar refractivity (Wildman–Crippen MR) is 85.9 cm³/mol. The van der Waals surface area contributed by atoms with E-state index >= 15 is 0 Å². The molecule has 21 heavy (non-hydrogen) atoms. The molecule has 0 aliphatic heterocycles. The molecule has 0 aliphatic rings. The van der Waals surface area contributed by atoms with E-state index in [2.05, 4.69) is 19.9 Å². The van der Waals surface area contributed by atoms with Gasteiger partial charge < -0.3 is 4.90 Å². The van der Waals surface area contributed by atoms with Gasteiger partial charge in [-0.15, -0.1) is 11.6 Å². The van der Waals surface area contributed by atoms with Crippen LogP contribution in [0.1, 0.15) is 31.9 Å². The maximum Gasteiger partial charge on any atom is 0.246 e. The molecular formula is C17H21ClN2O. The van der Waals surface area contributed by atoms with Crippen LogP contribution in [-0.2, 0) is 11.3 Å². The van der Waals surface area contributed by atoms with Gasteiger partial charge in [-0.3, -0.25) is 4.79 Å². The fourth-order valence-electron chi connectivity index (χ4n) is 1.97. The minimum Gasteiger partial charge on any atom is -0.335 e. The first kappa shape index (κ1) is 17.3. The van der Waals surface area contributed by atoms with Gasteiger partial charge in [-0.1, -0.05) is 38.1 Å². The molecule has 0 radical (unpaired) electrons. The number of amides is 1. The van der Waals surface area contributed by atoms with Crippen LogP contribution < -0.4 is 0 Å². The first-order chi connectivity index (χ1) is 9.93. The SMILES string of the molecule is CC(Cl)/C=C/C(=O)N(Cc1ccccc1C#N)CC(C)C. The summed E-state index contributed by atoms with van der Waals surface area (Å²) in [7, 11) is 0. The van der Waals surface area contributed by atoms with Crippen LogP contribution in [0.25, 0.3) is 0 Å². The van der Waals surface area contributed by atoms with E-state index in [9.17, 15) is 4.79 Å². The summed E-state index contributed by atoms with van der Waals surface area (Å²) in [5.74, 6) is 0.272. The molecule has 0 spiro atoms. The Kier molecular flexibility index (Phi) is 6.98. The van der Waals surface area contributed by atoms with E-state index in [1.54, 1.807) is 17.0 Å². The second kappa shape index (κ2) is 8.49. The summed E-state index contributed by atoms with van der Waals surface area (Å²) >= 11 is 5.84. The number of hydrogen-bond donors (Lipinski definition) is 0. The van der Waals surface area contributed by atoms with Gasteiger partial charge in [0, 0.05) is 24.5 Å². The lowest BCUT2D eigenvalue weighted by Crippen LogP contribution is -2.32. The molecule has 0 N–H and O–H groups in total. The molecule has 1 aromatic carbocycles. The van der Waals surface area contributed by atoms with Crippen LogP contribution in [-0.4, -0.2) is 22.7 Å². The first-order valence-electron chi connectivity index (χ1n) is 7.03. The largest absolute Gasteiger partial charge is 0.335 e. The highest BCUT2D eigenvalue weighted by Gasteiger charge is 2.15. The van der Waals surface area contributed by atoms with Crippen molar-refractivity contribution in [2.24, 2.45) is 5.92 Å². The third kappa shape index (κ3) is 6.01. The minimum absolute atomic E-state index is 0.0797. The van der Waals surface area contributed by atoms with Gasteiger partial charge in [0.15, 0.2) is 0 Å². The van der Waals surface area contributed by atoms with Crippen molar-refractivity contribution in [2.45, 2.75) is 32.7 Å². The van der Waals surface area contributed by atoms with Crippen LogP contribution >= 0.6 is 11.6 Å². The number of benzene rings is 1. The predicted octanol–water partition coefficient (Wildman–Crippen LogP) is 3.73. The maximum absolute atomic E-state index is 12.3. The van der Waals surface area contributed by atoms with Gasteiger partial charge in [0.05, 0.1) is 11.6 Å². The molecule has 1 atom stereocenters. The number of nitrogens with zero attached hydrogens (tertiary/aromatic N) is 2. The number of carbonyl (C=O) groups is 1. The summed E-state index contributed by atoms with van der Waals surface area (Å²) in [6.45, 7) is 7.00. The highest BCUT2D eigenvalue weighted by molar-refractivity contribution is 6.21. The molecule has 0 aromatic heterocycles. The summed E-state index contributed by atoms with van der Waals surface area (Å²) in [6.07, 6.45) is 3.18. The molecule has 4 heteroatoms. The number of halogens is 1. The molecule has 1 amide bonds. The lowest BCUT2D eigenvalue weighted by Gasteiger charge is -2.24. The zero-order valence-electron chi connectivity index (χ0n) is 12.7. The van der Waals surface area contributed by atoms with Gasteiger partial charge in [0.1, 0.15) is 0 Å². The molecule has 0 saturated carbocycles. The van der Waals surface area contributed by atoms with E-state index in [0.717, 1.165) is 5.56 Å². The van der Waals surface area contributed by atoms with E-state index < -0.39 is 0 Å². The maximum atomic E-state index is 12.3. The zero-order chi connectivity index (χ0) is 15.8. The second-order valence-electron chi connectivity index (χ2n) is 5.42. The number of rotatable bonds is 6. The molecule has 0 saturated heterocycles. The summed E-state index contributed by atoms with van der Waals surface area (Å²) in [5, 5.41) is 8.96.